The molecule has 1 heterocycles. The molecule has 3 rings (SSSR count). The molecule has 2 aliphatic rings. The number of rotatable bonds is 1. The Morgan fingerprint density at radius 3 is 2.50 bits per heavy atom. The number of hydrogen-bond donors (Lipinski definition) is 0. The van der Waals surface area contributed by atoms with Crippen LogP contribution >= 0.6 is 0 Å². The minimum Gasteiger partial charge on any atom is -0.297 e. The number of sulfonamides is 1. The van der Waals surface area contributed by atoms with Crippen LogP contribution in [0.25, 0.3) is 0 Å². The molecule has 18 heavy (non-hydrogen) atoms. The third-order valence-corrected chi connectivity index (χ3v) is 5.26. The van der Waals surface area contributed by atoms with Gasteiger partial charge < -0.3 is 0 Å². The fourth-order valence-electron chi connectivity index (χ4n) is 2.56. The highest BCUT2D eigenvalue weighted by atomic mass is 32.2. The van der Waals surface area contributed by atoms with E-state index in [0.29, 0.717) is 19.3 Å². The Morgan fingerprint density at radius 2 is 1.89 bits per heavy atom. The van der Waals surface area contributed by atoms with Gasteiger partial charge in [0.1, 0.15) is 10.9 Å². The quantitative estimate of drug-likeness (QED) is 0.758. The maximum Gasteiger partial charge on any atom is 0.269 e. The summed E-state index contributed by atoms with van der Waals surface area (Å²) in [6.07, 6.45) is 1.41. The summed E-state index contributed by atoms with van der Waals surface area (Å²) in [5.41, 5.74) is 0.164. The lowest BCUT2D eigenvalue weighted by Gasteiger charge is -2.20. The van der Waals surface area contributed by atoms with Crippen LogP contribution in [0.5, 0.6) is 0 Å². The largest absolute Gasteiger partial charge is 0.297 e. The maximum absolute atomic E-state index is 12.3. The second-order valence-electron chi connectivity index (χ2n) is 4.48. The molecule has 1 aliphatic heterocycles. The maximum atomic E-state index is 12.3. The van der Waals surface area contributed by atoms with E-state index in [1.165, 1.54) is 12.1 Å². The zero-order valence-corrected chi connectivity index (χ0v) is 10.3. The lowest BCUT2D eigenvalue weighted by Crippen LogP contribution is -2.42. The van der Waals surface area contributed by atoms with E-state index in [4.69, 9.17) is 0 Å². The van der Waals surface area contributed by atoms with E-state index in [9.17, 15) is 18.0 Å². The average molecular weight is 265 g/mol. The minimum atomic E-state index is -3.85. The zero-order chi connectivity index (χ0) is 12.9. The molecule has 0 bridgehead atoms. The summed E-state index contributed by atoms with van der Waals surface area (Å²) in [5, 5.41) is 0. The molecule has 1 saturated carbocycles. The second kappa shape index (κ2) is 3.65. The van der Waals surface area contributed by atoms with Crippen LogP contribution in [0.4, 0.5) is 0 Å². The molecular formula is C12H11NO4S. The molecule has 1 amide bonds. The molecule has 1 aliphatic carbocycles. The number of carbonyl (C=O) groups excluding carboxylic acids is 2. The Balaban J connectivity index is 2.15. The third kappa shape index (κ3) is 1.35. The summed E-state index contributed by atoms with van der Waals surface area (Å²) in [6.45, 7) is 0. The van der Waals surface area contributed by atoms with Gasteiger partial charge in [0.25, 0.3) is 15.9 Å². The summed E-state index contributed by atoms with van der Waals surface area (Å²) in [7, 11) is -3.85. The van der Waals surface area contributed by atoms with E-state index in [-0.39, 0.29) is 16.2 Å². The molecule has 1 fully saturated rings. The monoisotopic (exact) mass is 265 g/mol. The number of carbonyl (C=O) groups is 2. The van der Waals surface area contributed by atoms with E-state index in [2.05, 4.69) is 0 Å². The van der Waals surface area contributed by atoms with Gasteiger partial charge in [0, 0.05) is 6.42 Å². The van der Waals surface area contributed by atoms with Crippen molar-refractivity contribution in [3.05, 3.63) is 29.8 Å². The van der Waals surface area contributed by atoms with Crippen molar-refractivity contribution in [1.82, 2.24) is 4.31 Å². The number of hydrogen-bond acceptors (Lipinski definition) is 4. The van der Waals surface area contributed by atoms with Crippen molar-refractivity contribution in [3.63, 3.8) is 0 Å². The van der Waals surface area contributed by atoms with E-state index < -0.39 is 22.0 Å². The van der Waals surface area contributed by atoms with Gasteiger partial charge in [-0.05, 0) is 25.0 Å². The summed E-state index contributed by atoms with van der Waals surface area (Å²) < 4.78 is 25.3. The van der Waals surface area contributed by atoms with Crippen molar-refractivity contribution in [2.24, 2.45) is 0 Å². The van der Waals surface area contributed by atoms with Gasteiger partial charge in [0.15, 0.2) is 5.78 Å². The number of ketones is 1. The lowest BCUT2D eigenvalue weighted by atomic mass is 10.2. The van der Waals surface area contributed by atoms with Gasteiger partial charge in [-0.25, -0.2) is 12.7 Å². The molecule has 1 aromatic carbocycles. The Bertz CT molecular complexity index is 650. The van der Waals surface area contributed by atoms with Gasteiger partial charge >= 0.3 is 0 Å². The topological polar surface area (TPSA) is 71.5 Å². The van der Waals surface area contributed by atoms with Gasteiger partial charge in [0.2, 0.25) is 0 Å². The number of amides is 1. The SMILES string of the molecule is O=C1CCC[C@@H]1N1C(=O)c2ccccc2S1(=O)=O. The smallest absolute Gasteiger partial charge is 0.269 e. The van der Waals surface area contributed by atoms with Crippen LogP contribution in [-0.4, -0.2) is 30.5 Å². The predicted molar refractivity (Wildman–Crippen MR) is 62.4 cm³/mol. The first-order valence-electron chi connectivity index (χ1n) is 5.74. The normalized spacial score (nSPS) is 25.6. The third-order valence-electron chi connectivity index (χ3n) is 3.41. The molecule has 0 spiro atoms. The Morgan fingerprint density at radius 1 is 1.17 bits per heavy atom. The molecule has 0 saturated heterocycles. The van der Waals surface area contributed by atoms with Crippen LogP contribution < -0.4 is 0 Å². The molecule has 1 atom stereocenters. The summed E-state index contributed by atoms with van der Waals surface area (Å²) >= 11 is 0. The molecule has 0 unspecified atom stereocenters. The van der Waals surface area contributed by atoms with E-state index in [1.807, 2.05) is 0 Å². The fraction of sp³-hybridized carbons (Fsp3) is 0.333. The Hall–Kier alpha value is -1.69. The highest BCUT2D eigenvalue weighted by molar-refractivity contribution is 7.90. The van der Waals surface area contributed by atoms with E-state index in [0.717, 1.165) is 4.31 Å². The van der Waals surface area contributed by atoms with Crippen molar-refractivity contribution in [1.29, 1.82) is 0 Å². The van der Waals surface area contributed by atoms with Crippen molar-refractivity contribution < 1.29 is 18.0 Å². The predicted octanol–water partition coefficient (Wildman–Crippen LogP) is 0.953. The first-order chi connectivity index (χ1) is 8.53. The van der Waals surface area contributed by atoms with E-state index >= 15 is 0 Å². The average Bonchev–Trinajstić information content (AvgIpc) is 2.82. The molecule has 94 valence electrons. The lowest BCUT2D eigenvalue weighted by molar-refractivity contribution is -0.120. The molecule has 1 aromatic rings. The Kier molecular flexibility index (Phi) is 2.31. The highest BCUT2D eigenvalue weighted by Gasteiger charge is 2.48. The number of nitrogens with zero attached hydrogens (tertiary/aromatic N) is 1. The van der Waals surface area contributed by atoms with Crippen molar-refractivity contribution in [3.8, 4) is 0 Å². The van der Waals surface area contributed by atoms with Crippen LogP contribution in [0.15, 0.2) is 29.2 Å². The molecule has 5 nitrogen and oxygen atoms in total. The number of Topliss-reactive ketones (excluding diaryl/α,β-unsaturated/α-hetero) is 1. The van der Waals surface area contributed by atoms with Crippen LogP contribution in [0.1, 0.15) is 29.6 Å². The molecular weight excluding hydrogens is 254 g/mol. The first kappa shape index (κ1) is 11.4. The number of benzene rings is 1. The first-order valence-corrected chi connectivity index (χ1v) is 7.18. The van der Waals surface area contributed by atoms with Crippen molar-refractivity contribution in [2.45, 2.75) is 30.2 Å². The summed E-state index contributed by atoms with van der Waals surface area (Å²) in [6, 6.07) is 5.27. The van der Waals surface area contributed by atoms with Gasteiger partial charge in [-0.2, -0.15) is 0 Å². The van der Waals surface area contributed by atoms with Crippen LogP contribution in [-0.2, 0) is 14.8 Å². The Labute approximate surface area is 104 Å². The standard InChI is InChI=1S/C12H11NO4S/c14-10-6-3-5-9(10)13-12(15)8-4-1-2-7-11(8)18(13,16)17/h1-2,4,7,9H,3,5-6H2/t9-/m0/s1. The second-order valence-corrected chi connectivity index (χ2v) is 6.26. The van der Waals surface area contributed by atoms with Crippen molar-refractivity contribution in [2.75, 3.05) is 0 Å². The molecule has 6 heteroatoms. The van der Waals surface area contributed by atoms with Gasteiger partial charge in [0.05, 0.1) is 5.56 Å². The van der Waals surface area contributed by atoms with Crippen LogP contribution in [0.3, 0.4) is 0 Å². The molecule has 0 aromatic heterocycles. The van der Waals surface area contributed by atoms with Crippen molar-refractivity contribution >= 4 is 21.7 Å². The zero-order valence-electron chi connectivity index (χ0n) is 9.50. The molecule has 0 N–H and O–H groups in total. The molecule has 0 radical (unpaired) electrons. The van der Waals surface area contributed by atoms with E-state index in [1.54, 1.807) is 12.1 Å². The summed E-state index contributed by atoms with van der Waals surface area (Å²) in [4.78, 5) is 23.8. The minimum absolute atomic E-state index is 0.00898. The van der Waals surface area contributed by atoms with Gasteiger partial charge in [-0.1, -0.05) is 12.1 Å². The van der Waals surface area contributed by atoms with Gasteiger partial charge in [-0.15, -0.1) is 0 Å². The fourth-order valence-corrected chi connectivity index (χ4v) is 4.33. The highest BCUT2D eigenvalue weighted by Crippen LogP contribution is 2.35. The van der Waals surface area contributed by atoms with Crippen LogP contribution in [0.2, 0.25) is 0 Å². The van der Waals surface area contributed by atoms with Gasteiger partial charge in [-0.3, -0.25) is 9.59 Å². The van der Waals surface area contributed by atoms with Crippen LogP contribution in [0, 0.1) is 0 Å². The number of fused-ring (bicyclic) bond motifs is 1. The summed E-state index contributed by atoms with van der Waals surface area (Å²) in [5.74, 6) is -0.745.